The van der Waals surface area contributed by atoms with Crippen LogP contribution in [0, 0.1) is 12.8 Å². The second-order valence-corrected chi connectivity index (χ2v) is 6.15. The second kappa shape index (κ2) is 7.06. The number of rotatable bonds is 5. The highest BCUT2D eigenvalue weighted by Crippen LogP contribution is 2.18. The van der Waals surface area contributed by atoms with Crippen LogP contribution in [0.25, 0.3) is 0 Å². The fourth-order valence-corrected chi connectivity index (χ4v) is 2.77. The van der Waals surface area contributed by atoms with E-state index < -0.39 is 0 Å². The average molecular weight is 339 g/mol. The first-order valence-corrected chi connectivity index (χ1v) is 7.71. The standard InChI is InChI=1S/C16H17BrClN/c1-12-2-4-13(5-3-12)6-14(9-18)7-15-8-16(17)11-19-10-15/h2-5,8,10-11,14H,6-7,9H2,1H3. The predicted octanol–water partition coefficient (Wildman–Crippen LogP) is 4.79. The quantitative estimate of drug-likeness (QED) is 0.714. The van der Waals surface area contributed by atoms with Crippen molar-refractivity contribution >= 4 is 27.5 Å². The minimum atomic E-state index is 0.445. The predicted molar refractivity (Wildman–Crippen MR) is 84.7 cm³/mol. The van der Waals surface area contributed by atoms with Crippen molar-refractivity contribution in [2.75, 3.05) is 5.88 Å². The Kier molecular flexibility index (Phi) is 5.41. The molecule has 2 aromatic rings. The summed E-state index contributed by atoms with van der Waals surface area (Å²) < 4.78 is 1.02. The van der Waals surface area contributed by atoms with E-state index in [0.29, 0.717) is 11.8 Å². The molecule has 0 spiro atoms. The molecule has 3 heteroatoms. The van der Waals surface area contributed by atoms with Gasteiger partial charge in [-0.3, -0.25) is 4.98 Å². The lowest BCUT2D eigenvalue weighted by molar-refractivity contribution is 0.582. The third-order valence-electron chi connectivity index (χ3n) is 3.15. The molecule has 19 heavy (non-hydrogen) atoms. The molecule has 0 saturated heterocycles. The van der Waals surface area contributed by atoms with E-state index in [1.807, 2.05) is 6.20 Å². The third kappa shape index (κ3) is 4.63. The Morgan fingerprint density at radius 1 is 1.11 bits per heavy atom. The summed E-state index contributed by atoms with van der Waals surface area (Å²) in [5.74, 6) is 1.11. The van der Waals surface area contributed by atoms with Gasteiger partial charge in [0, 0.05) is 22.7 Å². The van der Waals surface area contributed by atoms with Gasteiger partial charge in [0.05, 0.1) is 0 Å². The van der Waals surface area contributed by atoms with E-state index in [4.69, 9.17) is 11.6 Å². The Balaban J connectivity index is 2.02. The molecule has 2 rings (SSSR count). The molecule has 0 saturated carbocycles. The SMILES string of the molecule is Cc1ccc(CC(CCl)Cc2cncc(Br)c2)cc1. The van der Waals surface area contributed by atoms with Crippen LogP contribution in [-0.4, -0.2) is 10.9 Å². The maximum atomic E-state index is 6.11. The van der Waals surface area contributed by atoms with E-state index in [-0.39, 0.29) is 0 Å². The minimum Gasteiger partial charge on any atom is -0.263 e. The largest absolute Gasteiger partial charge is 0.263 e. The van der Waals surface area contributed by atoms with Crippen LogP contribution in [0.15, 0.2) is 47.2 Å². The second-order valence-electron chi connectivity index (χ2n) is 4.93. The van der Waals surface area contributed by atoms with E-state index >= 15 is 0 Å². The number of nitrogens with zero attached hydrogens (tertiary/aromatic N) is 1. The van der Waals surface area contributed by atoms with Crippen molar-refractivity contribution in [2.45, 2.75) is 19.8 Å². The number of pyridine rings is 1. The molecule has 100 valence electrons. The molecule has 1 unspecified atom stereocenters. The Bertz CT molecular complexity index is 525. The molecule has 1 nitrogen and oxygen atoms in total. The molecule has 0 aliphatic heterocycles. The van der Waals surface area contributed by atoms with Crippen molar-refractivity contribution in [2.24, 2.45) is 5.92 Å². The smallest absolute Gasteiger partial charge is 0.0410 e. The molecule has 0 fully saturated rings. The van der Waals surface area contributed by atoms with Gasteiger partial charge < -0.3 is 0 Å². The summed E-state index contributed by atoms with van der Waals surface area (Å²) in [4.78, 5) is 4.20. The fourth-order valence-electron chi connectivity index (χ4n) is 2.14. The molecule has 0 bridgehead atoms. The first-order valence-electron chi connectivity index (χ1n) is 6.38. The maximum absolute atomic E-state index is 6.11. The van der Waals surface area contributed by atoms with Gasteiger partial charge in [-0.1, -0.05) is 29.8 Å². The zero-order valence-corrected chi connectivity index (χ0v) is 13.3. The molecule has 0 amide bonds. The number of aromatic nitrogens is 1. The minimum absolute atomic E-state index is 0.445. The molecule has 0 aliphatic rings. The summed E-state index contributed by atoms with van der Waals surface area (Å²) in [7, 11) is 0. The Morgan fingerprint density at radius 2 is 1.79 bits per heavy atom. The third-order valence-corrected chi connectivity index (χ3v) is 4.02. The van der Waals surface area contributed by atoms with Crippen molar-refractivity contribution in [3.63, 3.8) is 0 Å². The van der Waals surface area contributed by atoms with Crippen LogP contribution in [0.5, 0.6) is 0 Å². The van der Waals surface area contributed by atoms with Crippen molar-refractivity contribution in [1.82, 2.24) is 4.98 Å². The number of hydrogen-bond acceptors (Lipinski definition) is 1. The number of halogens is 2. The van der Waals surface area contributed by atoms with Gasteiger partial charge >= 0.3 is 0 Å². The van der Waals surface area contributed by atoms with Crippen LogP contribution in [0.1, 0.15) is 16.7 Å². The number of alkyl halides is 1. The van der Waals surface area contributed by atoms with Crippen LogP contribution in [0.4, 0.5) is 0 Å². The van der Waals surface area contributed by atoms with Gasteiger partial charge in [-0.25, -0.2) is 0 Å². The van der Waals surface area contributed by atoms with E-state index in [0.717, 1.165) is 17.3 Å². The number of benzene rings is 1. The van der Waals surface area contributed by atoms with Crippen molar-refractivity contribution in [1.29, 1.82) is 0 Å². The zero-order valence-electron chi connectivity index (χ0n) is 10.9. The van der Waals surface area contributed by atoms with E-state index in [9.17, 15) is 0 Å². The van der Waals surface area contributed by atoms with Crippen molar-refractivity contribution in [3.8, 4) is 0 Å². The Morgan fingerprint density at radius 3 is 2.42 bits per heavy atom. The molecular weight excluding hydrogens is 322 g/mol. The highest BCUT2D eigenvalue weighted by Gasteiger charge is 2.10. The van der Waals surface area contributed by atoms with Gasteiger partial charge in [-0.15, -0.1) is 11.6 Å². The fraction of sp³-hybridized carbons (Fsp3) is 0.312. The van der Waals surface area contributed by atoms with E-state index in [2.05, 4.69) is 58.2 Å². The summed E-state index contributed by atoms with van der Waals surface area (Å²) >= 11 is 9.56. The molecule has 0 aliphatic carbocycles. The molecule has 1 atom stereocenters. The van der Waals surface area contributed by atoms with Gasteiger partial charge in [0.2, 0.25) is 0 Å². The number of hydrogen-bond donors (Lipinski definition) is 0. The van der Waals surface area contributed by atoms with Gasteiger partial charge in [-0.05, 0) is 58.8 Å². The van der Waals surface area contributed by atoms with Crippen LogP contribution >= 0.6 is 27.5 Å². The Labute approximate surface area is 128 Å². The molecule has 1 aromatic heterocycles. The molecule has 1 heterocycles. The van der Waals surface area contributed by atoms with Crippen molar-refractivity contribution < 1.29 is 0 Å². The van der Waals surface area contributed by atoms with Crippen LogP contribution in [-0.2, 0) is 12.8 Å². The van der Waals surface area contributed by atoms with E-state index in [1.165, 1.54) is 16.7 Å². The lowest BCUT2D eigenvalue weighted by Crippen LogP contribution is -2.10. The van der Waals surface area contributed by atoms with Gasteiger partial charge in [-0.2, -0.15) is 0 Å². The van der Waals surface area contributed by atoms with Crippen molar-refractivity contribution in [3.05, 3.63) is 63.9 Å². The zero-order chi connectivity index (χ0) is 13.7. The molecular formula is C16H17BrClN. The van der Waals surface area contributed by atoms with E-state index in [1.54, 1.807) is 6.20 Å². The summed E-state index contributed by atoms with van der Waals surface area (Å²) in [5, 5.41) is 0. The highest BCUT2D eigenvalue weighted by atomic mass is 79.9. The first-order chi connectivity index (χ1) is 9.17. The molecule has 0 radical (unpaired) electrons. The maximum Gasteiger partial charge on any atom is 0.0410 e. The molecule has 0 N–H and O–H groups in total. The monoisotopic (exact) mass is 337 g/mol. The van der Waals surface area contributed by atoms with Crippen LogP contribution in [0.2, 0.25) is 0 Å². The summed E-state index contributed by atoms with van der Waals surface area (Å²) in [6, 6.07) is 10.8. The van der Waals surface area contributed by atoms with Gasteiger partial charge in [0.15, 0.2) is 0 Å². The summed E-state index contributed by atoms with van der Waals surface area (Å²) in [6.07, 6.45) is 5.69. The first kappa shape index (κ1) is 14.5. The topological polar surface area (TPSA) is 12.9 Å². The Hall–Kier alpha value is -0.860. The van der Waals surface area contributed by atoms with Gasteiger partial charge in [0.25, 0.3) is 0 Å². The average Bonchev–Trinajstić information content (AvgIpc) is 2.40. The molecule has 1 aromatic carbocycles. The summed E-state index contributed by atoms with van der Waals surface area (Å²) in [5.41, 5.74) is 3.87. The van der Waals surface area contributed by atoms with Crippen LogP contribution in [0.3, 0.4) is 0 Å². The normalized spacial score (nSPS) is 12.4. The summed E-state index contributed by atoms with van der Waals surface area (Å²) in [6.45, 7) is 2.11. The lowest BCUT2D eigenvalue weighted by Gasteiger charge is -2.14. The van der Waals surface area contributed by atoms with Crippen LogP contribution < -0.4 is 0 Å². The lowest BCUT2D eigenvalue weighted by atomic mass is 9.94. The van der Waals surface area contributed by atoms with Gasteiger partial charge in [0.1, 0.15) is 0 Å². The number of aryl methyl sites for hydroxylation is 1. The highest BCUT2D eigenvalue weighted by molar-refractivity contribution is 9.10.